The largest absolute Gasteiger partial charge is 0.436 e. The molecule has 0 aliphatic rings. The van der Waals surface area contributed by atoms with E-state index in [9.17, 15) is 17.6 Å². The smallest absolute Gasteiger partial charge is 0.227 e. The zero-order valence-electron chi connectivity index (χ0n) is 25.0. The Bertz CT molecular complexity index is 2620. The number of aromatic nitrogens is 3. The Morgan fingerprint density at radius 2 is 1.24 bits per heavy atom. The molecule has 0 aliphatic heterocycles. The van der Waals surface area contributed by atoms with E-state index < -0.39 is 34.4 Å². The third-order valence-corrected chi connectivity index (χ3v) is 9.72. The number of nitriles is 1. The van der Waals surface area contributed by atoms with Crippen LogP contribution >= 0.6 is 11.3 Å². The van der Waals surface area contributed by atoms with Gasteiger partial charge in [0.2, 0.25) is 5.89 Å². The van der Waals surface area contributed by atoms with Gasteiger partial charge in [-0.1, -0.05) is 36.4 Å². The van der Waals surface area contributed by atoms with Crippen molar-refractivity contribution in [1.29, 1.82) is 5.26 Å². The second-order valence-electron chi connectivity index (χ2n) is 11.4. The molecule has 0 fully saturated rings. The van der Waals surface area contributed by atoms with Gasteiger partial charge in [0, 0.05) is 27.6 Å². The maximum Gasteiger partial charge on any atom is 0.227 e. The second-order valence-corrected chi connectivity index (χ2v) is 12.5. The van der Waals surface area contributed by atoms with Crippen molar-refractivity contribution in [3.63, 3.8) is 0 Å². The zero-order chi connectivity index (χ0) is 33.4. The molecule has 3 aromatic heterocycles. The van der Waals surface area contributed by atoms with Crippen LogP contribution in [0.4, 0.5) is 17.6 Å². The van der Waals surface area contributed by atoms with Crippen LogP contribution in [0.15, 0.2) is 114 Å². The molecule has 0 aliphatic carbocycles. The molecule has 0 bridgehead atoms. The average molecular weight is 667 g/mol. The Morgan fingerprint density at radius 1 is 0.633 bits per heavy atom. The quantitative estimate of drug-likeness (QED) is 0.138. The molecular weight excluding hydrogens is 649 g/mol. The Hall–Kier alpha value is -6.31. The van der Waals surface area contributed by atoms with Gasteiger partial charge in [0.15, 0.2) is 28.9 Å². The Labute approximate surface area is 278 Å². The predicted molar refractivity (Wildman–Crippen MR) is 182 cm³/mol. The summed E-state index contributed by atoms with van der Waals surface area (Å²) in [5.74, 6) is -6.26. The van der Waals surface area contributed by atoms with Crippen LogP contribution in [0.5, 0.6) is 0 Å². The highest BCUT2D eigenvalue weighted by molar-refractivity contribution is 7.21. The van der Waals surface area contributed by atoms with Crippen molar-refractivity contribution in [3.8, 4) is 44.9 Å². The number of thiazole rings is 1. The Kier molecular flexibility index (Phi) is 6.41. The average Bonchev–Trinajstić information content (AvgIpc) is 3.85. The molecule has 9 rings (SSSR count). The van der Waals surface area contributed by atoms with E-state index in [0.29, 0.717) is 17.2 Å². The van der Waals surface area contributed by atoms with Gasteiger partial charge >= 0.3 is 0 Å². The number of oxazole rings is 1. The van der Waals surface area contributed by atoms with Crippen molar-refractivity contribution in [2.24, 2.45) is 0 Å². The SMILES string of the molecule is N#Cc1c(F)c(F)c(-c2ccc(-n3c4ccc(-c5nc6ccccc6o5)cc4c4cc(-c5nc6ccccc6s5)ccc43)cc2)c(F)c1F. The van der Waals surface area contributed by atoms with Gasteiger partial charge in [0.05, 0.1) is 26.8 Å². The maximum atomic E-state index is 14.9. The standard InChI is InChI=1S/C39H18F4N4OS/c40-34-26(19-44)35(41)37(43)33(36(34)42)20-9-13-23(14-10-20)47-29-15-11-21(38-45-27-5-1-3-7-31(27)48-38)17-24(29)25-18-22(12-16-30(25)47)39-46-28-6-2-4-8-32(28)49-39/h1-18H. The lowest BCUT2D eigenvalue weighted by Gasteiger charge is -2.12. The molecule has 9 aromatic rings. The lowest BCUT2D eigenvalue weighted by molar-refractivity contribution is 0.454. The zero-order valence-corrected chi connectivity index (χ0v) is 25.8. The van der Waals surface area contributed by atoms with Gasteiger partial charge in [-0.15, -0.1) is 11.3 Å². The van der Waals surface area contributed by atoms with Crippen LogP contribution in [0.2, 0.25) is 0 Å². The number of fused-ring (bicyclic) bond motifs is 5. The van der Waals surface area contributed by atoms with Crippen molar-refractivity contribution in [3.05, 3.63) is 138 Å². The number of para-hydroxylation sites is 3. The number of hydrogen-bond acceptors (Lipinski definition) is 5. The first-order chi connectivity index (χ1) is 23.9. The third-order valence-electron chi connectivity index (χ3n) is 8.64. The highest BCUT2D eigenvalue weighted by Crippen LogP contribution is 2.40. The second kappa shape index (κ2) is 10.9. The van der Waals surface area contributed by atoms with Crippen LogP contribution < -0.4 is 0 Å². The molecule has 10 heteroatoms. The van der Waals surface area contributed by atoms with E-state index in [-0.39, 0.29) is 5.56 Å². The Balaban J connectivity index is 1.23. The fraction of sp³-hybridized carbons (Fsp3) is 0. The van der Waals surface area contributed by atoms with Crippen molar-refractivity contribution in [1.82, 2.24) is 14.5 Å². The Morgan fingerprint density at radius 3 is 1.92 bits per heavy atom. The maximum absolute atomic E-state index is 14.9. The molecule has 0 saturated carbocycles. The number of benzene rings is 6. The summed E-state index contributed by atoms with van der Waals surface area (Å²) in [7, 11) is 0. The summed E-state index contributed by atoms with van der Waals surface area (Å²) in [4.78, 5) is 9.54. The number of nitrogens with zero attached hydrogens (tertiary/aromatic N) is 4. The molecule has 49 heavy (non-hydrogen) atoms. The van der Waals surface area contributed by atoms with Gasteiger partial charge in [0.1, 0.15) is 22.2 Å². The highest BCUT2D eigenvalue weighted by Gasteiger charge is 2.26. The lowest BCUT2D eigenvalue weighted by atomic mass is 10.0. The molecule has 6 aromatic carbocycles. The van der Waals surface area contributed by atoms with E-state index >= 15 is 0 Å². The van der Waals surface area contributed by atoms with Gasteiger partial charge in [-0.2, -0.15) is 5.26 Å². The van der Waals surface area contributed by atoms with Gasteiger partial charge in [-0.05, 0) is 78.4 Å². The van der Waals surface area contributed by atoms with Gasteiger partial charge in [-0.3, -0.25) is 0 Å². The lowest BCUT2D eigenvalue weighted by Crippen LogP contribution is -2.04. The van der Waals surface area contributed by atoms with Crippen LogP contribution in [0.1, 0.15) is 5.56 Å². The summed E-state index contributed by atoms with van der Waals surface area (Å²) in [6.45, 7) is 0. The molecule has 3 heterocycles. The monoisotopic (exact) mass is 666 g/mol. The summed E-state index contributed by atoms with van der Waals surface area (Å²) in [5.41, 5.74) is 4.09. The molecule has 0 amide bonds. The van der Waals surface area contributed by atoms with E-state index in [0.717, 1.165) is 53.7 Å². The number of rotatable bonds is 4. The van der Waals surface area contributed by atoms with Crippen molar-refractivity contribution >= 4 is 54.5 Å². The van der Waals surface area contributed by atoms with E-state index in [2.05, 4.69) is 11.1 Å². The topological polar surface area (TPSA) is 67.6 Å². The van der Waals surface area contributed by atoms with Crippen molar-refractivity contribution < 1.29 is 22.0 Å². The minimum atomic E-state index is -1.73. The molecule has 0 atom stereocenters. The minimum absolute atomic E-state index is 0.0850. The first-order valence-corrected chi connectivity index (χ1v) is 15.9. The van der Waals surface area contributed by atoms with Crippen LogP contribution in [0.3, 0.4) is 0 Å². The molecule has 0 spiro atoms. The van der Waals surface area contributed by atoms with E-state index in [1.165, 1.54) is 18.2 Å². The predicted octanol–water partition coefficient (Wildman–Crippen LogP) is 11.0. The summed E-state index contributed by atoms with van der Waals surface area (Å²) >= 11 is 1.60. The summed E-state index contributed by atoms with van der Waals surface area (Å²) in [6, 6.07) is 34.7. The molecule has 0 saturated heterocycles. The molecule has 5 nitrogen and oxygen atoms in total. The van der Waals surface area contributed by atoms with Gasteiger partial charge in [0.25, 0.3) is 0 Å². The normalized spacial score (nSPS) is 11.7. The van der Waals surface area contributed by atoms with Gasteiger partial charge < -0.3 is 8.98 Å². The summed E-state index contributed by atoms with van der Waals surface area (Å²) in [6.07, 6.45) is 0. The van der Waals surface area contributed by atoms with Crippen molar-refractivity contribution in [2.75, 3.05) is 0 Å². The number of hydrogen-bond donors (Lipinski definition) is 0. The third kappa shape index (κ3) is 4.43. The highest BCUT2D eigenvalue weighted by atomic mass is 32.1. The fourth-order valence-corrected chi connectivity index (χ4v) is 7.28. The number of halogens is 4. The molecule has 0 radical (unpaired) electrons. The minimum Gasteiger partial charge on any atom is -0.436 e. The first kappa shape index (κ1) is 28.9. The van der Waals surface area contributed by atoms with Crippen LogP contribution in [0, 0.1) is 34.6 Å². The molecule has 0 N–H and O–H groups in total. The van der Waals surface area contributed by atoms with Gasteiger partial charge in [-0.25, -0.2) is 27.5 Å². The first-order valence-electron chi connectivity index (χ1n) is 15.1. The summed E-state index contributed by atoms with van der Waals surface area (Å²) < 4.78 is 67.9. The molecule has 234 valence electrons. The van der Waals surface area contributed by atoms with Crippen LogP contribution in [0.25, 0.3) is 82.0 Å². The molecular formula is C39H18F4N4OS. The van der Waals surface area contributed by atoms with E-state index in [1.54, 1.807) is 23.5 Å². The van der Waals surface area contributed by atoms with E-state index in [1.807, 2.05) is 83.4 Å². The van der Waals surface area contributed by atoms with Crippen LogP contribution in [-0.4, -0.2) is 14.5 Å². The molecule has 0 unspecified atom stereocenters. The van der Waals surface area contributed by atoms with Crippen molar-refractivity contribution in [2.45, 2.75) is 0 Å². The fourth-order valence-electron chi connectivity index (χ4n) is 6.32. The summed E-state index contributed by atoms with van der Waals surface area (Å²) in [5, 5.41) is 11.7. The van der Waals surface area contributed by atoms with E-state index in [4.69, 9.17) is 14.7 Å². The van der Waals surface area contributed by atoms with Crippen LogP contribution in [-0.2, 0) is 0 Å².